The molecule has 1 unspecified atom stereocenters. The van der Waals surface area contributed by atoms with E-state index in [1.807, 2.05) is 31.2 Å². The van der Waals surface area contributed by atoms with Crippen molar-refractivity contribution in [2.45, 2.75) is 38.6 Å². The Labute approximate surface area is 127 Å². The van der Waals surface area contributed by atoms with Crippen LogP contribution >= 0.6 is 0 Å². The van der Waals surface area contributed by atoms with Crippen LogP contribution in [0.25, 0.3) is 0 Å². The maximum atomic E-state index is 9.49. The molecule has 1 aromatic carbocycles. The molecular formula is C17H27NO3. The highest BCUT2D eigenvalue weighted by Crippen LogP contribution is 2.19. The lowest BCUT2D eigenvalue weighted by Crippen LogP contribution is -2.40. The summed E-state index contributed by atoms with van der Waals surface area (Å²) < 4.78 is 11.2. The van der Waals surface area contributed by atoms with E-state index in [1.54, 1.807) is 0 Å². The van der Waals surface area contributed by atoms with Crippen LogP contribution in [0.5, 0.6) is 11.5 Å². The maximum Gasteiger partial charge on any atom is 0.119 e. The van der Waals surface area contributed by atoms with Gasteiger partial charge in [-0.1, -0.05) is 12.8 Å². The van der Waals surface area contributed by atoms with Gasteiger partial charge in [-0.15, -0.1) is 0 Å². The second kappa shape index (κ2) is 8.90. The van der Waals surface area contributed by atoms with Gasteiger partial charge in [0.15, 0.2) is 0 Å². The van der Waals surface area contributed by atoms with E-state index in [-0.39, 0.29) is 6.61 Å². The molecule has 4 heteroatoms. The molecule has 1 heterocycles. The molecule has 0 bridgehead atoms. The third kappa shape index (κ3) is 5.21. The molecule has 1 aliphatic heterocycles. The lowest BCUT2D eigenvalue weighted by molar-refractivity contribution is 0.108. The molecule has 1 aromatic rings. The Bertz CT molecular complexity index is 394. The zero-order chi connectivity index (χ0) is 14.9. The van der Waals surface area contributed by atoms with Crippen molar-refractivity contribution >= 4 is 0 Å². The van der Waals surface area contributed by atoms with E-state index < -0.39 is 0 Å². The number of ether oxygens (including phenoxy) is 2. The topological polar surface area (TPSA) is 41.9 Å². The van der Waals surface area contributed by atoms with Gasteiger partial charge in [0.25, 0.3) is 0 Å². The average molecular weight is 293 g/mol. The second-order valence-electron chi connectivity index (χ2n) is 5.47. The second-order valence-corrected chi connectivity index (χ2v) is 5.47. The van der Waals surface area contributed by atoms with Crippen LogP contribution in [0.1, 0.15) is 32.6 Å². The van der Waals surface area contributed by atoms with Crippen molar-refractivity contribution in [1.29, 1.82) is 0 Å². The molecule has 2 rings (SSSR count). The van der Waals surface area contributed by atoms with Crippen LogP contribution in [0.4, 0.5) is 0 Å². The predicted molar refractivity (Wildman–Crippen MR) is 84.0 cm³/mol. The number of aliphatic hydroxyl groups excluding tert-OH is 1. The molecule has 0 radical (unpaired) electrons. The minimum atomic E-state index is 0.253. The third-order valence-corrected chi connectivity index (χ3v) is 3.99. The highest BCUT2D eigenvalue weighted by atomic mass is 16.5. The van der Waals surface area contributed by atoms with Gasteiger partial charge in [0.1, 0.15) is 18.1 Å². The summed E-state index contributed by atoms with van der Waals surface area (Å²) in [6, 6.07) is 8.05. The van der Waals surface area contributed by atoms with Gasteiger partial charge in [0, 0.05) is 12.6 Å². The summed E-state index contributed by atoms with van der Waals surface area (Å²) in [4.78, 5) is 2.36. The first kappa shape index (κ1) is 16.1. The van der Waals surface area contributed by atoms with Gasteiger partial charge in [-0.3, -0.25) is 4.90 Å². The van der Waals surface area contributed by atoms with E-state index in [1.165, 1.54) is 19.3 Å². The first-order valence-electron chi connectivity index (χ1n) is 8.04. The fourth-order valence-corrected chi connectivity index (χ4v) is 2.82. The Morgan fingerprint density at radius 2 is 1.81 bits per heavy atom. The number of benzene rings is 1. The van der Waals surface area contributed by atoms with E-state index in [9.17, 15) is 5.11 Å². The maximum absolute atomic E-state index is 9.49. The molecule has 0 spiro atoms. The highest BCUT2D eigenvalue weighted by Gasteiger charge is 2.19. The highest BCUT2D eigenvalue weighted by molar-refractivity contribution is 5.31. The molecule has 4 nitrogen and oxygen atoms in total. The van der Waals surface area contributed by atoms with Crippen LogP contribution in [0.3, 0.4) is 0 Å². The van der Waals surface area contributed by atoms with Crippen molar-refractivity contribution in [2.24, 2.45) is 0 Å². The Morgan fingerprint density at radius 3 is 2.48 bits per heavy atom. The summed E-state index contributed by atoms with van der Waals surface area (Å²) in [5.41, 5.74) is 0. The predicted octanol–water partition coefficient (Wildman–Crippen LogP) is 2.70. The smallest absolute Gasteiger partial charge is 0.119 e. The van der Waals surface area contributed by atoms with Crippen molar-refractivity contribution in [2.75, 3.05) is 32.9 Å². The minimum absolute atomic E-state index is 0.253. The zero-order valence-corrected chi connectivity index (χ0v) is 13.0. The Hall–Kier alpha value is -1.26. The molecular weight excluding hydrogens is 266 g/mol. The van der Waals surface area contributed by atoms with Crippen LogP contribution in [-0.4, -0.2) is 49.0 Å². The van der Waals surface area contributed by atoms with Gasteiger partial charge < -0.3 is 14.6 Å². The summed E-state index contributed by atoms with van der Waals surface area (Å²) in [5, 5.41) is 9.49. The van der Waals surface area contributed by atoms with E-state index in [4.69, 9.17) is 9.47 Å². The van der Waals surface area contributed by atoms with Crippen LogP contribution in [-0.2, 0) is 0 Å². The molecule has 0 aromatic heterocycles. The molecule has 1 saturated heterocycles. The Balaban J connectivity index is 1.76. The molecule has 1 N–H and O–H groups in total. The van der Waals surface area contributed by atoms with Gasteiger partial charge in [0.05, 0.1) is 13.2 Å². The monoisotopic (exact) mass is 293 g/mol. The lowest BCUT2D eigenvalue weighted by atomic mass is 10.1. The van der Waals surface area contributed by atoms with Gasteiger partial charge >= 0.3 is 0 Å². The largest absolute Gasteiger partial charge is 0.494 e. The zero-order valence-electron chi connectivity index (χ0n) is 13.0. The fourth-order valence-electron chi connectivity index (χ4n) is 2.82. The first-order valence-corrected chi connectivity index (χ1v) is 8.04. The molecule has 0 aliphatic carbocycles. The molecule has 1 atom stereocenters. The number of nitrogens with zero attached hydrogens (tertiary/aromatic N) is 1. The summed E-state index contributed by atoms with van der Waals surface area (Å²) in [5.74, 6) is 1.74. The molecule has 0 amide bonds. The molecule has 0 saturated carbocycles. The van der Waals surface area contributed by atoms with E-state index in [0.29, 0.717) is 19.3 Å². The van der Waals surface area contributed by atoms with Crippen LogP contribution in [0.15, 0.2) is 24.3 Å². The number of hydrogen-bond donors (Lipinski definition) is 1. The van der Waals surface area contributed by atoms with Crippen LogP contribution in [0.2, 0.25) is 0 Å². The van der Waals surface area contributed by atoms with Crippen LogP contribution in [0, 0.1) is 0 Å². The number of aliphatic hydroxyl groups is 1. The summed E-state index contributed by atoms with van der Waals surface area (Å²) in [7, 11) is 0. The summed E-state index contributed by atoms with van der Waals surface area (Å²) in [6.07, 6.45) is 4.81. The van der Waals surface area contributed by atoms with Crippen molar-refractivity contribution in [3.63, 3.8) is 0 Å². The van der Waals surface area contributed by atoms with Gasteiger partial charge in [-0.2, -0.15) is 0 Å². The van der Waals surface area contributed by atoms with Gasteiger partial charge in [-0.05, 0) is 50.6 Å². The molecule has 118 valence electrons. The summed E-state index contributed by atoms with van der Waals surface area (Å²) in [6.45, 7) is 5.50. The van der Waals surface area contributed by atoms with Crippen molar-refractivity contribution < 1.29 is 14.6 Å². The van der Waals surface area contributed by atoms with Gasteiger partial charge in [0.2, 0.25) is 0 Å². The standard InChI is InChI=1S/C17H27NO3/c1-2-20-16-7-9-17(10-8-16)21-13-12-18-11-5-3-4-6-15(18)14-19/h7-10,15,19H,2-6,11-14H2,1H3. The SMILES string of the molecule is CCOc1ccc(OCCN2CCCCCC2CO)cc1. The first-order chi connectivity index (χ1) is 10.3. The van der Waals surface area contributed by atoms with Crippen molar-refractivity contribution in [3.05, 3.63) is 24.3 Å². The number of rotatable bonds is 7. The minimum Gasteiger partial charge on any atom is -0.494 e. The quantitative estimate of drug-likeness (QED) is 0.839. The van der Waals surface area contributed by atoms with E-state index in [0.717, 1.165) is 31.0 Å². The van der Waals surface area contributed by atoms with E-state index in [2.05, 4.69) is 4.90 Å². The van der Waals surface area contributed by atoms with Crippen LogP contribution < -0.4 is 9.47 Å². The Kier molecular flexibility index (Phi) is 6.83. The van der Waals surface area contributed by atoms with E-state index >= 15 is 0 Å². The molecule has 1 aliphatic rings. The fraction of sp³-hybridized carbons (Fsp3) is 0.647. The molecule has 1 fully saturated rings. The Morgan fingerprint density at radius 1 is 1.10 bits per heavy atom. The average Bonchev–Trinajstić information content (AvgIpc) is 2.74. The number of likely N-dealkylation sites (tertiary alicyclic amines) is 1. The third-order valence-electron chi connectivity index (χ3n) is 3.99. The number of hydrogen-bond acceptors (Lipinski definition) is 4. The van der Waals surface area contributed by atoms with Crippen molar-refractivity contribution in [3.8, 4) is 11.5 Å². The summed E-state index contributed by atoms with van der Waals surface area (Å²) >= 11 is 0. The normalized spacial score (nSPS) is 20.0. The molecule has 21 heavy (non-hydrogen) atoms. The van der Waals surface area contributed by atoms with Crippen molar-refractivity contribution in [1.82, 2.24) is 4.90 Å². The van der Waals surface area contributed by atoms with Gasteiger partial charge in [-0.25, -0.2) is 0 Å². The lowest BCUT2D eigenvalue weighted by Gasteiger charge is -2.28.